The summed E-state index contributed by atoms with van der Waals surface area (Å²) in [5, 5.41) is 14.6. The lowest BCUT2D eigenvalue weighted by atomic mass is 9.95. The zero-order valence-corrected chi connectivity index (χ0v) is 12.0. The van der Waals surface area contributed by atoms with Crippen LogP contribution in [-0.4, -0.2) is 41.2 Å². The molecule has 19 heavy (non-hydrogen) atoms. The second kappa shape index (κ2) is 6.50. The molecule has 2 bridgehead atoms. The molecule has 3 N–H and O–H groups in total. The van der Waals surface area contributed by atoms with E-state index in [4.69, 9.17) is 5.11 Å². The van der Waals surface area contributed by atoms with Gasteiger partial charge in [0.1, 0.15) is 6.04 Å². The van der Waals surface area contributed by atoms with Crippen LogP contribution in [0.5, 0.6) is 0 Å². The van der Waals surface area contributed by atoms with Crippen LogP contribution in [0.3, 0.4) is 0 Å². The molecule has 0 saturated heterocycles. The number of amides is 2. The summed E-state index contributed by atoms with van der Waals surface area (Å²) in [6.07, 6.45) is 7.15. The van der Waals surface area contributed by atoms with Gasteiger partial charge in [-0.3, -0.25) is 0 Å². The number of carboxylic acid groups (broad SMARTS) is 1. The van der Waals surface area contributed by atoms with Crippen molar-refractivity contribution >= 4 is 23.8 Å². The second-order valence-corrected chi connectivity index (χ2v) is 6.56. The maximum Gasteiger partial charge on any atom is 0.326 e. The average Bonchev–Trinajstić information content (AvgIpc) is 2.96. The minimum absolute atomic E-state index is 0.244. The normalized spacial score (nSPS) is 30.1. The van der Waals surface area contributed by atoms with Crippen LogP contribution in [0.4, 0.5) is 4.79 Å². The van der Waals surface area contributed by atoms with Crippen molar-refractivity contribution in [1.29, 1.82) is 0 Å². The molecule has 4 atom stereocenters. The number of hydrogen-bond acceptors (Lipinski definition) is 3. The highest BCUT2D eigenvalue weighted by Crippen LogP contribution is 2.44. The van der Waals surface area contributed by atoms with Crippen molar-refractivity contribution in [2.24, 2.45) is 11.8 Å². The SMILES string of the molecule is CSCC[C@H](NC(=O)NC1CC2CCC1C2)C(=O)O. The van der Waals surface area contributed by atoms with Gasteiger partial charge in [0.2, 0.25) is 0 Å². The Labute approximate surface area is 117 Å². The first-order valence-corrected chi connectivity index (χ1v) is 8.28. The Balaban J connectivity index is 1.77. The lowest BCUT2D eigenvalue weighted by molar-refractivity contribution is -0.139. The van der Waals surface area contributed by atoms with Gasteiger partial charge in [-0.2, -0.15) is 11.8 Å². The Bertz CT molecular complexity index is 351. The van der Waals surface area contributed by atoms with Crippen LogP contribution in [0.2, 0.25) is 0 Å². The number of thioether (sulfide) groups is 1. The van der Waals surface area contributed by atoms with E-state index < -0.39 is 12.0 Å². The molecule has 0 aromatic rings. The second-order valence-electron chi connectivity index (χ2n) is 5.57. The topological polar surface area (TPSA) is 78.4 Å². The van der Waals surface area contributed by atoms with Crippen molar-refractivity contribution in [3.63, 3.8) is 0 Å². The third-order valence-electron chi connectivity index (χ3n) is 4.27. The van der Waals surface area contributed by atoms with E-state index in [1.165, 1.54) is 19.3 Å². The molecule has 3 unspecified atom stereocenters. The number of carbonyl (C=O) groups excluding carboxylic acids is 1. The smallest absolute Gasteiger partial charge is 0.326 e. The summed E-state index contributed by atoms with van der Waals surface area (Å²) < 4.78 is 0. The number of urea groups is 1. The average molecular weight is 286 g/mol. The highest BCUT2D eigenvalue weighted by molar-refractivity contribution is 7.98. The third kappa shape index (κ3) is 3.78. The van der Waals surface area contributed by atoms with Crippen LogP contribution in [-0.2, 0) is 4.79 Å². The maximum absolute atomic E-state index is 11.9. The third-order valence-corrected chi connectivity index (χ3v) is 4.91. The van der Waals surface area contributed by atoms with Gasteiger partial charge in [0.25, 0.3) is 0 Å². The summed E-state index contributed by atoms with van der Waals surface area (Å²) in [4.78, 5) is 22.9. The fourth-order valence-electron chi connectivity index (χ4n) is 3.28. The molecule has 2 fully saturated rings. The molecule has 0 heterocycles. The minimum Gasteiger partial charge on any atom is -0.480 e. The number of carbonyl (C=O) groups is 2. The zero-order valence-electron chi connectivity index (χ0n) is 11.2. The van der Waals surface area contributed by atoms with E-state index in [2.05, 4.69) is 10.6 Å². The van der Waals surface area contributed by atoms with Crippen LogP contribution < -0.4 is 10.6 Å². The molecular formula is C13H22N2O3S. The summed E-state index contributed by atoms with van der Waals surface area (Å²) in [6, 6.07) is -0.870. The first-order chi connectivity index (χ1) is 9.10. The summed E-state index contributed by atoms with van der Waals surface area (Å²) in [5.41, 5.74) is 0. The Kier molecular flexibility index (Phi) is 4.96. The standard InChI is InChI=1S/C13H22N2O3S/c1-19-5-4-10(12(16)17)14-13(18)15-11-7-8-2-3-9(11)6-8/h8-11H,2-7H2,1H3,(H,16,17)(H2,14,15,18)/t8?,9?,10-,11?/m0/s1. The fraction of sp³-hybridized carbons (Fsp3) is 0.846. The molecule has 2 amide bonds. The van der Waals surface area contributed by atoms with E-state index in [1.54, 1.807) is 11.8 Å². The van der Waals surface area contributed by atoms with Gasteiger partial charge in [0, 0.05) is 6.04 Å². The first kappa shape index (κ1) is 14.5. The van der Waals surface area contributed by atoms with Gasteiger partial charge in [-0.1, -0.05) is 6.42 Å². The molecule has 108 valence electrons. The zero-order chi connectivity index (χ0) is 13.8. The first-order valence-electron chi connectivity index (χ1n) is 6.89. The number of fused-ring (bicyclic) bond motifs is 2. The number of nitrogens with one attached hydrogen (secondary N) is 2. The molecule has 5 nitrogen and oxygen atoms in total. The van der Waals surface area contributed by atoms with Gasteiger partial charge >= 0.3 is 12.0 Å². The van der Waals surface area contributed by atoms with Gasteiger partial charge in [0.05, 0.1) is 0 Å². The van der Waals surface area contributed by atoms with E-state index in [0.717, 1.165) is 18.1 Å². The number of rotatable bonds is 6. The van der Waals surface area contributed by atoms with E-state index in [1.807, 2.05) is 6.26 Å². The Morgan fingerprint density at radius 2 is 2.16 bits per heavy atom. The summed E-state index contributed by atoms with van der Waals surface area (Å²) in [5.74, 6) is 1.13. The van der Waals surface area contributed by atoms with Crippen molar-refractivity contribution in [1.82, 2.24) is 10.6 Å². The van der Waals surface area contributed by atoms with Crippen LogP contribution >= 0.6 is 11.8 Å². The monoisotopic (exact) mass is 286 g/mol. The lowest BCUT2D eigenvalue weighted by Gasteiger charge is -2.24. The Morgan fingerprint density at radius 1 is 1.37 bits per heavy atom. The van der Waals surface area contributed by atoms with Gasteiger partial charge in [-0.25, -0.2) is 9.59 Å². The van der Waals surface area contributed by atoms with Crippen LogP contribution in [0.1, 0.15) is 32.1 Å². The van der Waals surface area contributed by atoms with Crippen molar-refractivity contribution in [3.8, 4) is 0 Å². The largest absolute Gasteiger partial charge is 0.480 e. The highest BCUT2D eigenvalue weighted by Gasteiger charge is 2.40. The molecule has 0 spiro atoms. The van der Waals surface area contributed by atoms with Gasteiger partial charge in [-0.05, 0) is 49.5 Å². The Morgan fingerprint density at radius 3 is 2.68 bits per heavy atom. The molecule has 0 aromatic carbocycles. The van der Waals surface area contributed by atoms with E-state index in [9.17, 15) is 9.59 Å². The van der Waals surface area contributed by atoms with Crippen LogP contribution in [0.25, 0.3) is 0 Å². The Hall–Kier alpha value is -0.910. The molecular weight excluding hydrogens is 264 g/mol. The predicted molar refractivity (Wildman–Crippen MR) is 75.3 cm³/mol. The fourth-order valence-corrected chi connectivity index (χ4v) is 3.75. The predicted octanol–water partition coefficient (Wildman–Crippen LogP) is 1.68. The highest BCUT2D eigenvalue weighted by atomic mass is 32.2. The van der Waals surface area contributed by atoms with Gasteiger partial charge in [-0.15, -0.1) is 0 Å². The summed E-state index contributed by atoms with van der Waals surface area (Å²) >= 11 is 1.58. The molecule has 2 aliphatic carbocycles. The number of hydrogen-bond donors (Lipinski definition) is 3. The van der Waals surface area contributed by atoms with Crippen molar-refractivity contribution in [3.05, 3.63) is 0 Å². The minimum atomic E-state index is -0.961. The summed E-state index contributed by atoms with van der Waals surface area (Å²) in [6.45, 7) is 0. The van der Waals surface area contributed by atoms with E-state index in [-0.39, 0.29) is 12.1 Å². The van der Waals surface area contributed by atoms with E-state index in [0.29, 0.717) is 12.3 Å². The van der Waals surface area contributed by atoms with Crippen LogP contribution in [0.15, 0.2) is 0 Å². The molecule has 0 radical (unpaired) electrons. The van der Waals surface area contributed by atoms with Gasteiger partial charge in [0.15, 0.2) is 0 Å². The van der Waals surface area contributed by atoms with Gasteiger partial charge < -0.3 is 15.7 Å². The molecule has 2 rings (SSSR count). The quantitative estimate of drug-likeness (QED) is 0.694. The molecule has 6 heteroatoms. The van der Waals surface area contributed by atoms with Crippen LogP contribution in [0, 0.1) is 11.8 Å². The number of carboxylic acids is 1. The van der Waals surface area contributed by atoms with Crippen molar-refractivity contribution in [2.75, 3.05) is 12.0 Å². The van der Waals surface area contributed by atoms with E-state index >= 15 is 0 Å². The summed E-state index contributed by atoms with van der Waals surface area (Å²) in [7, 11) is 0. The molecule has 0 aliphatic heterocycles. The molecule has 2 aliphatic rings. The maximum atomic E-state index is 11.9. The van der Waals surface area contributed by atoms with Crippen molar-refractivity contribution in [2.45, 2.75) is 44.2 Å². The van der Waals surface area contributed by atoms with Crippen molar-refractivity contribution < 1.29 is 14.7 Å². The number of aliphatic carboxylic acids is 1. The lowest BCUT2D eigenvalue weighted by Crippen LogP contribution is -2.50. The molecule has 2 saturated carbocycles. The molecule has 0 aromatic heterocycles.